The highest BCUT2D eigenvalue weighted by molar-refractivity contribution is 6.17. The van der Waals surface area contributed by atoms with E-state index in [1.54, 1.807) is 0 Å². The van der Waals surface area contributed by atoms with E-state index in [0.29, 0.717) is 6.00 Å². The Hall–Kier alpha value is -0.530. The lowest BCUT2D eigenvalue weighted by molar-refractivity contribution is 0.381. The standard InChI is InChI=1S/C12H18ClN/c1-9-5-6-12(7-14(4)8-13)11(3)10(9)2/h5-6H,7-8H2,1-4H3. The summed E-state index contributed by atoms with van der Waals surface area (Å²) >= 11 is 5.75. The Kier molecular flexibility index (Phi) is 3.97. The molecule has 0 aliphatic carbocycles. The van der Waals surface area contributed by atoms with Gasteiger partial charge in [-0.2, -0.15) is 0 Å². The van der Waals surface area contributed by atoms with Crippen molar-refractivity contribution in [3.63, 3.8) is 0 Å². The van der Waals surface area contributed by atoms with Crippen LogP contribution < -0.4 is 0 Å². The summed E-state index contributed by atoms with van der Waals surface area (Å²) in [7, 11) is 2.03. The minimum absolute atomic E-state index is 0.576. The van der Waals surface area contributed by atoms with Gasteiger partial charge in [-0.05, 0) is 50.1 Å². The molecule has 1 aromatic carbocycles. The summed E-state index contributed by atoms with van der Waals surface area (Å²) < 4.78 is 0. The predicted octanol–water partition coefficient (Wildman–Crippen LogP) is 3.24. The molecule has 2 heteroatoms. The van der Waals surface area contributed by atoms with Gasteiger partial charge in [-0.3, -0.25) is 4.90 Å². The van der Waals surface area contributed by atoms with Crippen molar-refractivity contribution in [2.75, 3.05) is 13.1 Å². The van der Waals surface area contributed by atoms with Crippen LogP contribution >= 0.6 is 11.6 Å². The van der Waals surface area contributed by atoms with E-state index in [-0.39, 0.29) is 0 Å². The Balaban J connectivity index is 2.94. The zero-order valence-electron chi connectivity index (χ0n) is 9.39. The molecule has 0 bridgehead atoms. The maximum Gasteiger partial charge on any atom is 0.0738 e. The molecule has 0 saturated carbocycles. The smallest absolute Gasteiger partial charge is 0.0738 e. The zero-order chi connectivity index (χ0) is 10.7. The van der Waals surface area contributed by atoms with Gasteiger partial charge in [-0.1, -0.05) is 12.1 Å². The Morgan fingerprint density at radius 3 is 2.36 bits per heavy atom. The van der Waals surface area contributed by atoms with E-state index in [1.807, 2.05) is 7.05 Å². The molecule has 0 radical (unpaired) electrons. The third-order valence-electron chi connectivity index (χ3n) is 2.81. The highest BCUT2D eigenvalue weighted by Gasteiger charge is 2.05. The number of rotatable bonds is 3. The van der Waals surface area contributed by atoms with Gasteiger partial charge in [-0.15, -0.1) is 11.6 Å². The van der Waals surface area contributed by atoms with Gasteiger partial charge >= 0.3 is 0 Å². The van der Waals surface area contributed by atoms with Crippen molar-refractivity contribution in [1.82, 2.24) is 4.90 Å². The maximum atomic E-state index is 5.75. The molecular formula is C12H18ClN. The van der Waals surface area contributed by atoms with Crippen LogP contribution in [-0.2, 0) is 6.54 Å². The number of hydrogen-bond acceptors (Lipinski definition) is 1. The van der Waals surface area contributed by atoms with Crippen LogP contribution in [0.3, 0.4) is 0 Å². The van der Waals surface area contributed by atoms with Crippen molar-refractivity contribution in [1.29, 1.82) is 0 Å². The van der Waals surface area contributed by atoms with Crippen molar-refractivity contribution in [2.24, 2.45) is 0 Å². The molecule has 0 aliphatic heterocycles. The lowest BCUT2D eigenvalue weighted by atomic mass is 9.99. The molecule has 0 saturated heterocycles. The molecule has 0 aliphatic rings. The number of nitrogens with zero attached hydrogens (tertiary/aromatic N) is 1. The van der Waals surface area contributed by atoms with Gasteiger partial charge in [-0.25, -0.2) is 0 Å². The van der Waals surface area contributed by atoms with Crippen molar-refractivity contribution in [3.8, 4) is 0 Å². The van der Waals surface area contributed by atoms with E-state index >= 15 is 0 Å². The molecule has 0 aromatic heterocycles. The minimum Gasteiger partial charge on any atom is -0.289 e. The van der Waals surface area contributed by atoms with Crippen LogP contribution in [-0.4, -0.2) is 18.0 Å². The first-order valence-electron chi connectivity index (χ1n) is 4.86. The van der Waals surface area contributed by atoms with E-state index in [0.717, 1.165) is 6.54 Å². The Labute approximate surface area is 91.7 Å². The number of alkyl halides is 1. The van der Waals surface area contributed by atoms with Gasteiger partial charge in [0.1, 0.15) is 0 Å². The predicted molar refractivity (Wildman–Crippen MR) is 62.8 cm³/mol. The Morgan fingerprint density at radius 2 is 1.79 bits per heavy atom. The molecule has 0 atom stereocenters. The second-order valence-electron chi connectivity index (χ2n) is 3.93. The maximum absolute atomic E-state index is 5.75. The summed E-state index contributed by atoms with van der Waals surface area (Å²) in [5.74, 6) is 0. The molecule has 1 nitrogen and oxygen atoms in total. The van der Waals surface area contributed by atoms with E-state index in [1.165, 1.54) is 22.3 Å². The number of hydrogen-bond donors (Lipinski definition) is 0. The molecule has 14 heavy (non-hydrogen) atoms. The van der Waals surface area contributed by atoms with Crippen molar-refractivity contribution >= 4 is 11.6 Å². The molecule has 78 valence electrons. The second kappa shape index (κ2) is 4.81. The number of aryl methyl sites for hydroxylation is 1. The van der Waals surface area contributed by atoms with Gasteiger partial charge < -0.3 is 0 Å². The van der Waals surface area contributed by atoms with Crippen LogP contribution in [0.5, 0.6) is 0 Å². The molecule has 1 aromatic rings. The topological polar surface area (TPSA) is 3.24 Å². The first kappa shape index (κ1) is 11.5. The average molecular weight is 212 g/mol. The average Bonchev–Trinajstić information content (AvgIpc) is 2.19. The first-order valence-corrected chi connectivity index (χ1v) is 5.40. The Bertz CT molecular complexity index is 320. The lowest BCUT2D eigenvalue weighted by Crippen LogP contribution is -2.16. The summed E-state index contributed by atoms with van der Waals surface area (Å²) in [6, 6.07) is 4.95. The van der Waals surface area contributed by atoms with Crippen LogP contribution in [0.1, 0.15) is 22.3 Å². The summed E-state index contributed by atoms with van der Waals surface area (Å²) in [5.41, 5.74) is 5.52. The molecule has 0 fully saturated rings. The van der Waals surface area contributed by atoms with Crippen molar-refractivity contribution in [3.05, 3.63) is 34.4 Å². The molecule has 0 spiro atoms. The highest BCUT2D eigenvalue weighted by Crippen LogP contribution is 2.18. The van der Waals surface area contributed by atoms with Crippen molar-refractivity contribution < 1.29 is 0 Å². The Morgan fingerprint density at radius 1 is 1.14 bits per heavy atom. The third kappa shape index (κ3) is 2.49. The van der Waals surface area contributed by atoms with Crippen LogP contribution in [0.25, 0.3) is 0 Å². The number of halogens is 1. The summed E-state index contributed by atoms with van der Waals surface area (Å²) in [6.45, 7) is 7.43. The van der Waals surface area contributed by atoms with Gasteiger partial charge in [0.2, 0.25) is 0 Å². The monoisotopic (exact) mass is 211 g/mol. The fraction of sp³-hybridized carbons (Fsp3) is 0.500. The minimum atomic E-state index is 0.576. The van der Waals surface area contributed by atoms with E-state index in [2.05, 4.69) is 37.8 Å². The van der Waals surface area contributed by atoms with Gasteiger partial charge in [0.15, 0.2) is 0 Å². The van der Waals surface area contributed by atoms with Crippen LogP contribution in [0.15, 0.2) is 12.1 Å². The van der Waals surface area contributed by atoms with E-state index in [9.17, 15) is 0 Å². The molecular weight excluding hydrogens is 194 g/mol. The van der Waals surface area contributed by atoms with Crippen LogP contribution in [0.2, 0.25) is 0 Å². The fourth-order valence-electron chi connectivity index (χ4n) is 1.52. The fourth-order valence-corrected chi connectivity index (χ4v) is 1.60. The van der Waals surface area contributed by atoms with Crippen LogP contribution in [0, 0.1) is 20.8 Å². The quantitative estimate of drug-likeness (QED) is 0.548. The van der Waals surface area contributed by atoms with Gasteiger partial charge in [0.25, 0.3) is 0 Å². The molecule has 0 unspecified atom stereocenters. The zero-order valence-corrected chi connectivity index (χ0v) is 10.2. The molecule has 0 amide bonds. The SMILES string of the molecule is Cc1ccc(CN(C)CCl)c(C)c1C. The summed E-state index contributed by atoms with van der Waals surface area (Å²) in [6.07, 6.45) is 0. The molecule has 1 rings (SSSR count). The van der Waals surface area contributed by atoms with E-state index < -0.39 is 0 Å². The first-order chi connectivity index (χ1) is 6.56. The third-order valence-corrected chi connectivity index (χ3v) is 3.22. The summed E-state index contributed by atoms with van der Waals surface area (Å²) in [4.78, 5) is 2.10. The van der Waals surface area contributed by atoms with E-state index in [4.69, 9.17) is 11.6 Å². The van der Waals surface area contributed by atoms with Crippen molar-refractivity contribution in [2.45, 2.75) is 27.3 Å². The number of benzene rings is 1. The lowest BCUT2D eigenvalue weighted by Gasteiger charge is -2.16. The molecule has 0 N–H and O–H groups in total. The highest BCUT2D eigenvalue weighted by atomic mass is 35.5. The summed E-state index contributed by atoms with van der Waals surface area (Å²) in [5, 5.41) is 0. The van der Waals surface area contributed by atoms with Crippen LogP contribution in [0.4, 0.5) is 0 Å². The second-order valence-corrected chi connectivity index (χ2v) is 4.16. The molecule has 0 heterocycles. The van der Waals surface area contributed by atoms with Gasteiger partial charge in [0, 0.05) is 6.54 Å². The largest absolute Gasteiger partial charge is 0.289 e. The van der Waals surface area contributed by atoms with Gasteiger partial charge in [0.05, 0.1) is 6.00 Å². The normalized spacial score (nSPS) is 11.0.